The molecule has 0 aliphatic heterocycles. The first kappa shape index (κ1) is 20.0. The molecule has 7 heteroatoms. The van der Waals surface area contributed by atoms with Crippen molar-refractivity contribution in [2.75, 3.05) is 11.9 Å². The molecule has 0 aliphatic rings. The molecule has 0 bridgehead atoms. The lowest BCUT2D eigenvalue weighted by Crippen LogP contribution is -2.35. The fourth-order valence-corrected chi connectivity index (χ4v) is 2.84. The van der Waals surface area contributed by atoms with Gasteiger partial charge < -0.3 is 10.6 Å². The highest BCUT2D eigenvalue weighted by Crippen LogP contribution is 2.14. The molecule has 3 aromatic rings. The predicted octanol–water partition coefficient (Wildman–Crippen LogP) is 2.22. The molecule has 7 nitrogen and oxygen atoms in total. The summed E-state index contributed by atoms with van der Waals surface area (Å²) in [4.78, 5) is 36.6. The topological polar surface area (TPSA) is 93.1 Å². The fourth-order valence-electron chi connectivity index (χ4n) is 2.84. The Labute approximate surface area is 168 Å². The molecule has 3 rings (SSSR count). The van der Waals surface area contributed by atoms with Crippen molar-refractivity contribution in [1.29, 1.82) is 0 Å². The first-order valence-electron chi connectivity index (χ1n) is 9.35. The molecule has 0 unspecified atom stereocenters. The molecule has 2 amide bonds. The van der Waals surface area contributed by atoms with Crippen LogP contribution in [0.3, 0.4) is 0 Å². The van der Waals surface area contributed by atoms with Gasteiger partial charge in [0, 0.05) is 11.8 Å². The Kier molecular flexibility index (Phi) is 6.52. The number of benzene rings is 2. The zero-order chi connectivity index (χ0) is 20.6. The maximum Gasteiger partial charge on any atom is 0.272 e. The highest BCUT2D eigenvalue weighted by Gasteiger charge is 2.12. The first-order chi connectivity index (χ1) is 14.1. The Morgan fingerprint density at radius 3 is 2.45 bits per heavy atom. The summed E-state index contributed by atoms with van der Waals surface area (Å²) in [5.74, 6) is -0.859. The van der Waals surface area contributed by atoms with Crippen LogP contribution in [0.1, 0.15) is 28.5 Å². The van der Waals surface area contributed by atoms with E-state index in [-0.39, 0.29) is 30.2 Å². The second-order valence-electron chi connectivity index (χ2n) is 6.44. The Hall–Kier alpha value is -3.74. The van der Waals surface area contributed by atoms with Crippen LogP contribution >= 0.6 is 0 Å². The normalized spacial score (nSPS) is 10.4. The van der Waals surface area contributed by atoms with Crippen molar-refractivity contribution in [1.82, 2.24) is 15.1 Å². The van der Waals surface area contributed by atoms with Gasteiger partial charge in [-0.25, -0.2) is 4.68 Å². The predicted molar refractivity (Wildman–Crippen MR) is 111 cm³/mol. The average molecular weight is 390 g/mol. The van der Waals surface area contributed by atoms with Gasteiger partial charge in [0.05, 0.1) is 13.1 Å². The Morgan fingerprint density at radius 2 is 1.69 bits per heavy atom. The lowest BCUT2D eigenvalue weighted by atomic mass is 10.1. The maximum atomic E-state index is 12.4. The van der Waals surface area contributed by atoms with Gasteiger partial charge in [-0.2, -0.15) is 5.10 Å². The summed E-state index contributed by atoms with van der Waals surface area (Å²) in [5, 5.41) is 9.45. The first-order valence-corrected chi connectivity index (χ1v) is 9.35. The number of amides is 2. The molecule has 0 saturated heterocycles. The summed E-state index contributed by atoms with van der Waals surface area (Å²) < 4.78 is 1.22. The Morgan fingerprint density at radius 1 is 0.966 bits per heavy atom. The van der Waals surface area contributed by atoms with E-state index >= 15 is 0 Å². The number of aromatic nitrogens is 2. The van der Waals surface area contributed by atoms with Gasteiger partial charge in [-0.3, -0.25) is 14.4 Å². The molecule has 148 valence electrons. The monoisotopic (exact) mass is 390 g/mol. The smallest absolute Gasteiger partial charge is 0.272 e. The van der Waals surface area contributed by atoms with Crippen molar-refractivity contribution in [2.24, 2.45) is 0 Å². The van der Waals surface area contributed by atoms with Crippen molar-refractivity contribution in [3.8, 4) is 0 Å². The van der Waals surface area contributed by atoms with Gasteiger partial charge in [0.1, 0.15) is 5.69 Å². The van der Waals surface area contributed by atoms with Gasteiger partial charge in [-0.1, -0.05) is 55.5 Å². The highest BCUT2D eigenvalue weighted by atomic mass is 16.2. The van der Waals surface area contributed by atoms with Crippen LogP contribution in [0.25, 0.3) is 0 Å². The molecule has 0 fully saturated rings. The number of anilines is 1. The minimum atomic E-state index is -0.522. The van der Waals surface area contributed by atoms with E-state index in [4.69, 9.17) is 0 Å². The third-order valence-electron chi connectivity index (χ3n) is 4.36. The van der Waals surface area contributed by atoms with E-state index < -0.39 is 5.91 Å². The average Bonchev–Trinajstić information content (AvgIpc) is 2.74. The van der Waals surface area contributed by atoms with Crippen LogP contribution in [-0.4, -0.2) is 28.1 Å². The molecule has 1 aromatic heterocycles. The van der Waals surface area contributed by atoms with E-state index in [9.17, 15) is 14.4 Å². The quantitative estimate of drug-likeness (QED) is 0.647. The number of aryl methyl sites for hydroxylation is 1. The van der Waals surface area contributed by atoms with Gasteiger partial charge in [0.15, 0.2) is 0 Å². The molecule has 1 heterocycles. The molecule has 0 spiro atoms. The SMILES string of the molecule is CCc1ccccc1NC(=O)CNC(=O)c1ccc(=O)n(Cc2ccccc2)n1. The largest absolute Gasteiger partial charge is 0.342 e. The van der Waals surface area contributed by atoms with Crippen LogP contribution in [0.5, 0.6) is 0 Å². The second-order valence-corrected chi connectivity index (χ2v) is 6.44. The van der Waals surface area contributed by atoms with E-state index in [1.165, 1.54) is 16.8 Å². The van der Waals surface area contributed by atoms with Crippen molar-refractivity contribution in [3.05, 3.63) is 93.9 Å². The standard InChI is InChI=1S/C22H22N4O3/c1-2-17-10-6-7-11-18(17)24-20(27)14-23-22(29)19-12-13-21(28)26(25-19)15-16-8-4-3-5-9-16/h3-13H,2,14-15H2,1H3,(H,23,29)(H,24,27). The number of rotatable bonds is 7. The summed E-state index contributed by atoms with van der Waals surface area (Å²) in [6.45, 7) is 2.06. The third-order valence-corrected chi connectivity index (χ3v) is 4.36. The van der Waals surface area contributed by atoms with Gasteiger partial charge in [0.25, 0.3) is 11.5 Å². The van der Waals surface area contributed by atoms with Crippen LogP contribution in [0.2, 0.25) is 0 Å². The number of nitrogens with one attached hydrogen (secondary N) is 2. The minimum absolute atomic E-state index is 0.0716. The van der Waals surface area contributed by atoms with Crippen LogP contribution in [-0.2, 0) is 17.8 Å². The number of para-hydroxylation sites is 1. The van der Waals surface area contributed by atoms with Crippen molar-refractivity contribution < 1.29 is 9.59 Å². The van der Waals surface area contributed by atoms with Crippen molar-refractivity contribution in [3.63, 3.8) is 0 Å². The number of hydrogen-bond donors (Lipinski definition) is 2. The molecule has 29 heavy (non-hydrogen) atoms. The lowest BCUT2D eigenvalue weighted by Gasteiger charge is -2.11. The van der Waals surface area contributed by atoms with Gasteiger partial charge >= 0.3 is 0 Å². The third kappa shape index (κ3) is 5.38. The number of carbonyl (C=O) groups is 2. The zero-order valence-electron chi connectivity index (χ0n) is 16.1. The fraction of sp³-hybridized carbons (Fsp3) is 0.182. The van der Waals surface area contributed by atoms with E-state index in [2.05, 4.69) is 15.7 Å². The number of nitrogens with zero attached hydrogens (tertiary/aromatic N) is 2. The summed E-state index contributed by atoms with van der Waals surface area (Å²) in [6, 6.07) is 19.5. The Bertz CT molecular complexity index is 1060. The molecule has 2 N–H and O–H groups in total. The zero-order valence-corrected chi connectivity index (χ0v) is 16.1. The van der Waals surface area contributed by atoms with Gasteiger partial charge in [0.2, 0.25) is 5.91 Å². The van der Waals surface area contributed by atoms with Gasteiger partial charge in [-0.05, 0) is 29.7 Å². The van der Waals surface area contributed by atoms with E-state index in [0.717, 1.165) is 23.2 Å². The summed E-state index contributed by atoms with van der Waals surface area (Å²) >= 11 is 0. The van der Waals surface area contributed by atoms with E-state index in [1.54, 1.807) is 0 Å². The van der Waals surface area contributed by atoms with Crippen molar-refractivity contribution >= 4 is 17.5 Å². The van der Waals surface area contributed by atoms with Crippen LogP contribution < -0.4 is 16.2 Å². The Balaban J connectivity index is 1.62. The minimum Gasteiger partial charge on any atom is -0.342 e. The molecule has 0 aliphatic carbocycles. The molecule has 0 radical (unpaired) electrons. The highest BCUT2D eigenvalue weighted by molar-refractivity contribution is 5.98. The van der Waals surface area contributed by atoms with E-state index in [1.807, 2.05) is 61.5 Å². The lowest BCUT2D eigenvalue weighted by molar-refractivity contribution is -0.115. The van der Waals surface area contributed by atoms with Crippen LogP contribution in [0.15, 0.2) is 71.5 Å². The second kappa shape index (κ2) is 9.45. The molecular weight excluding hydrogens is 368 g/mol. The number of hydrogen-bond acceptors (Lipinski definition) is 4. The number of carbonyl (C=O) groups excluding carboxylic acids is 2. The van der Waals surface area contributed by atoms with Crippen LogP contribution in [0.4, 0.5) is 5.69 Å². The molecular formula is C22H22N4O3. The summed E-state index contributed by atoms with van der Waals surface area (Å²) in [6.07, 6.45) is 0.787. The molecule has 0 atom stereocenters. The summed E-state index contributed by atoms with van der Waals surface area (Å²) in [5.41, 5.74) is 2.40. The van der Waals surface area contributed by atoms with Gasteiger partial charge in [-0.15, -0.1) is 0 Å². The molecule has 2 aromatic carbocycles. The van der Waals surface area contributed by atoms with E-state index in [0.29, 0.717) is 0 Å². The maximum absolute atomic E-state index is 12.4. The van der Waals surface area contributed by atoms with Crippen LogP contribution in [0, 0.1) is 0 Å². The summed E-state index contributed by atoms with van der Waals surface area (Å²) in [7, 11) is 0. The van der Waals surface area contributed by atoms with Crippen molar-refractivity contribution in [2.45, 2.75) is 19.9 Å². The molecule has 0 saturated carbocycles.